The van der Waals surface area contributed by atoms with Gasteiger partial charge in [-0.2, -0.15) is 10.1 Å². The second-order valence-corrected chi connectivity index (χ2v) is 9.37. The summed E-state index contributed by atoms with van der Waals surface area (Å²) in [5.41, 5.74) is 1.52. The number of methoxy groups -OCH3 is 1. The summed E-state index contributed by atoms with van der Waals surface area (Å²) in [5.74, 6) is 0.0515. The normalized spacial score (nSPS) is 25.7. The number of imide groups is 1. The van der Waals surface area contributed by atoms with Gasteiger partial charge in [0.15, 0.2) is 11.5 Å². The lowest BCUT2D eigenvalue weighted by atomic mass is 9.63. The van der Waals surface area contributed by atoms with Crippen molar-refractivity contribution < 1.29 is 19.1 Å². The third kappa shape index (κ3) is 4.02. The van der Waals surface area contributed by atoms with E-state index in [1.807, 2.05) is 12.1 Å². The maximum absolute atomic E-state index is 12.9. The summed E-state index contributed by atoms with van der Waals surface area (Å²) < 4.78 is 11.3. The first-order valence-corrected chi connectivity index (χ1v) is 11.6. The van der Waals surface area contributed by atoms with Gasteiger partial charge in [-0.3, -0.25) is 9.59 Å². The van der Waals surface area contributed by atoms with Gasteiger partial charge >= 0.3 is 0 Å². The Balaban J connectivity index is 1.34. The quantitative estimate of drug-likeness (QED) is 0.324. The van der Waals surface area contributed by atoms with Crippen LogP contribution in [0.3, 0.4) is 0 Å². The lowest BCUT2D eigenvalue weighted by molar-refractivity contribution is -0.140. The molecule has 2 fully saturated rings. The molecule has 4 atom stereocenters. The monoisotopic (exact) mass is 484 g/mol. The van der Waals surface area contributed by atoms with E-state index in [9.17, 15) is 9.59 Å². The van der Waals surface area contributed by atoms with Crippen LogP contribution < -0.4 is 9.47 Å². The fourth-order valence-electron chi connectivity index (χ4n) is 4.99. The van der Waals surface area contributed by atoms with Crippen LogP contribution in [0.1, 0.15) is 24.0 Å². The van der Waals surface area contributed by atoms with Crippen molar-refractivity contribution in [2.75, 3.05) is 7.11 Å². The number of hydrogen-bond donors (Lipinski definition) is 0. The summed E-state index contributed by atoms with van der Waals surface area (Å²) in [6.07, 6.45) is 7.52. The average molecular weight is 485 g/mol. The molecule has 2 bridgehead atoms. The van der Waals surface area contributed by atoms with Crippen LogP contribution in [0.15, 0.2) is 53.7 Å². The number of benzene rings is 2. The summed E-state index contributed by atoms with van der Waals surface area (Å²) >= 11 is 12.4. The van der Waals surface area contributed by atoms with E-state index < -0.39 is 0 Å². The Kier molecular flexibility index (Phi) is 5.89. The van der Waals surface area contributed by atoms with E-state index in [0.29, 0.717) is 27.1 Å². The minimum atomic E-state index is -0.292. The van der Waals surface area contributed by atoms with Crippen LogP contribution in [0.5, 0.6) is 11.5 Å². The molecule has 2 amide bonds. The topological polar surface area (TPSA) is 68.2 Å². The molecule has 0 aromatic heterocycles. The third-order valence-electron chi connectivity index (χ3n) is 6.61. The predicted octanol–water partition coefficient (Wildman–Crippen LogP) is 5.11. The van der Waals surface area contributed by atoms with Gasteiger partial charge < -0.3 is 9.47 Å². The maximum atomic E-state index is 12.9. The lowest BCUT2D eigenvalue weighted by Crippen LogP contribution is -2.38. The third-order valence-corrected chi connectivity index (χ3v) is 7.14. The van der Waals surface area contributed by atoms with Gasteiger partial charge in [0.2, 0.25) is 0 Å². The molecule has 1 aliphatic heterocycles. The van der Waals surface area contributed by atoms with Crippen LogP contribution in [0, 0.1) is 23.7 Å². The molecule has 8 heteroatoms. The fourth-order valence-corrected chi connectivity index (χ4v) is 5.39. The fraction of sp³-hybridized carbons (Fsp3) is 0.320. The van der Waals surface area contributed by atoms with Crippen LogP contribution in [-0.4, -0.2) is 30.1 Å². The van der Waals surface area contributed by atoms with Crippen LogP contribution in [0.25, 0.3) is 0 Å². The van der Waals surface area contributed by atoms with Crippen LogP contribution >= 0.6 is 23.2 Å². The molecular formula is C25H22Cl2N2O4. The Labute approximate surface area is 201 Å². The molecule has 1 saturated heterocycles. The van der Waals surface area contributed by atoms with E-state index in [1.54, 1.807) is 24.3 Å². The molecule has 4 aliphatic rings. The summed E-state index contributed by atoms with van der Waals surface area (Å²) in [5, 5.41) is 6.25. The SMILES string of the molecule is COc1cc(/C=N\N2C(=O)[C@H]3[C@H](C2=O)[C@H]2C=C[C@H]3CC2)cc(Cl)c1OCc1ccc(Cl)cc1. The summed E-state index contributed by atoms with van der Waals surface area (Å²) in [4.78, 5) is 25.8. The molecule has 1 saturated carbocycles. The van der Waals surface area contributed by atoms with E-state index in [1.165, 1.54) is 13.3 Å². The van der Waals surface area contributed by atoms with E-state index in [0.717, 1.165) is 23.4 Å². The van der Waals surface area contributed by atoms with Gasteiger partial charge in [0.05, 0.1) is 30.2 Å². The molecule has 33 heavy (non-hydrogen) atoms. The van der Waals surface area contributed by atoms with Crippen LogP contribution in [0.2, 0.25) is 10.0 Å². The molecule has 2 aromatic carbocycles. The highest BCUT2D eigenvalue weighted by Crippen LogP contribution is 2.49. The standard InChI is InChI=1S/C25H22Cl2N2O4/c1-32-20-11-15(10-19(27)23(20)33-13-14-2-8-18(26)9-3-14)12-28-29-24(30)21-16-4-5-17(7-6-16)22(21)25(29)31/h2-5,8-12,16-17,21-22H,6-7,13H2,1H3/b28-12-/t16-,17-,21+,22+/m0/s1. The highest BCUT2D eigenvalue weighted by molar-refractivity contribution is 6.32. The summed E-state index contributed by atoms with van der Waals surface area (Å²) in [6.45, 7) is 0.288. The molecule has 0 radical (unpaired) electrons. The smallest absolute Gasteiger partial charge is 0.254 e. The van der Waals surface area contributed by atoms with Gasteiger partial charge in [-0.05, 0) is 60.1 Å². The van der Waals surface area contributed by atoms with Crippen LogP contribution in [0.4, 0.5) is 0 Å². The van der Waals surface area contributed by atoms with Crippen molar-refractivity contribution in [2.24, 2.45) is 28.8 Å². The van der Waals surface area contributed by atoms with Crippen molar-refractivity contribution in [3.8, 4) is 11.5 Å². The molecule has 170 valence electrons. The molecular weight excluding hydrogens is 463 g/mol. The zero-order valence-corrected chi connectivity index (χ0v) is 19.4. The Morgan fingerprint density at radius 1 is 1.03 bits per heavy atom. The zero-order valence-electron chi connectivity index (χ0n) is 17.9. The number of nitrogens with zero attached hydrogens (tertiary/aromatic N) is 2. The van der Waals surface area contributed by atoms with Crippen molar-refractivity contribution in [3.63, 3.8) is 0 Å². The van der Waals surface area contributed by atoms with Crippen molar-refractivity contribution in [1.82, 2.24) is 5.01 Å². The zero-order chi connectivity index (χ0) is 23.1. The van der Waals surface area contributed by atoms with Gasteiger partial charge in [-0.1, -0.05) is 47.5 Å². The molecule has 0 N–H and O–H groups in total. The predicted molar refractivity (Wildman–Crippen MR) is 126 cm³/mol. The number of hydrogen-bond acceptors (Lipinski definition) is 5. The van der Waals surface area contributed by atoms with Crippen molar-refractivity contribution in [2.45, 2.75) is 19.4 Å². The molecule has 0 unspecified atom stereocenters. The molecule has 3 aliphatic carbocycles. The van der Waals surface area contributed by atoms with Gasteiger partial charge in [-0.15, -0.1) is 0 Å². The van der Waals surface area contributed by atoms with Gasteiger partial charge in [-0.25, -0.2) is 0 Å². The number of hydrazone groups is 1. The number of fused-ring (bicyclic) bond motifs is 1. The Bertz CT molecular complexity index is 1130. The molecule has 6 nitrogen and oxygen atoms in total. The van der Waals surface area contributed by atoms with Gasteiger partial charge in [0.25, 0.3) is 11.8 Å². The average Bonchev–Trinajstić information content (AvgIpc) is 3.10. The number of carbonyl (C=O) groups is 2. The second kappa shape index (κ2) is 8.84. The largest absolute Gasteiger partial charge is 0.493 e. The number of rotatable bonds is 6. The van der Waals surface area contributed by atoms with Crippen molar-refractivity contribution >= 4 is 41.2 Å². The summed E-state index contributed by atoms with van der Waals surface area (Å²) in [7, 11) is 1.52. The van der Waals surface area contributed by atoms with Crippen LogP contribution in [-0.2, 0) is 16.2 Å². The number of amides is 2. The van der Waals surface area contributed by atoms with E-state index in [-0.39, 0.29) is 42.1 Å². The second-order valence-electron chi connectivity index (χ2n) is 8.52. The van der Waals surface area contributed by atoms with E-state index >= 15 is 0 Å². The summed E-state index contributed by atoms with van der Waals surface area (Å²) in [6, 6.07) is 10.7. The Morgan fingerprint density at radius 2 is 1.67 bits per heavy atom. The molecule has 0 spiro atoms. The van der Waals surface area contributed by atoms with Gasteiger partial charge in [0.1, 0.15) is 6.61 Å². The molecule has 6 rings (SSSR count). The number of allylic oxidation sites excluding steroid dienone is 2. The lowest BCUT2D eigenvalue weighted by Gasteiger charge is -2.37. The number of halogens is 2. The highest BCUT2D eigenvalue weighted by atomic mass is 35.5. The van der Waals surface area contributed by atoms with Crippen molar-refractivity contribution in [3.05, 3.63) is 69.7 Å². The number of carbonyl (C=O) groups excluding carboxylic acids is 2. The minimum absolute atomic E-state index is 0.128. The van der Waals surface area contributed by atoms with Gasteiger partial charge in [0, 0.05) is 5.02 Å². The Morgan fingerprint density at radius 3 is 2.24 bits per heavy atom. The van der Waals surface area contributed by atoms with Crippen molar-refractivity contribution in [1.29, 1.82) is 0 Å². The molecule has 1 heterocycles. The first-order valence-electron chi connectivity index (χ1n) is 10.8. The highest BCUT2D eigenvalue weighted by Gasteiger charge is 2.56. The van der Waals surface area contributed by atoms with E-state index in [4.69, 9.17) is 32.7 Å². The van der Waals surface area contributed by atoms with E-state index in [2.05, 4.69) is 17.3 Å². The molecule has 2 aromatic rings. The maximum Gasteiger partial charge on any atom is 0.254 e. The Hall–Kier alpha value is -2.83. The number of ether oxygens (including phenoxy) is 2. The first kappa shape index (κ1) is 22.0. The minimum Gasteiger partial charge on any atom is -0.493 e. The first-order chi connectivity index (χ1) is 16.0.